The molecular formula is C16H12Cl2N2S. The van der Waals surface area contributed by atoms with Gasteiger partial charge in [-0.2, -0.15) is 0 Å². The Morgan fingerprint density at radius 1 is 1.00 bits per heavy atom. The molecule has 0 aliphatic rings. The Bertz CT molecular complexity index is 766. The summed E-state index contributed by atoms with van der Waals surface area (Å²) in [6.45, 7) is 2.07. The first-order valence-corrected chi connectivity index (χ1v) is 8.00. The van der Waals surface area contributed by atoms with Crippen LogP contribution < -0.4 is 5.32 Å². The van der Waals surface area contributed by atoms with Crippen molar-refractivity contribution in [3.05, 3.63) is 63.5 Å². The normalized spacial score (nSPS) is 10.6. The fourth-order valence-corrected chi connectivity index (χ4v) is 2.92. The van der Waals surface area contributed by atoms with Crippen LogP contribution in [-0.2, 0) is 0 Å². The molecule has 0 amide bonds. The molecule has 21 heavy (non-hydrogen) atoms. The van der Waals surface area contributed by atoms with Gasteiger partial charge in [-0.15, -0.1) is 11.3 Å². The van der Waals surface area contributed by atoms with E-state index in [0.717, 1.165) is 22.1 Å². The van der Waals surface area contributed by atoms with Crippen molar-refractivity contribution < 1.29 is 0 Å². The highest BCUT2D eigenvalue weighted by molar-refractivity contribution is 7.14. The molecule has 0 fully saturated rings. The number of hydrogen-bond donors (Lipinski definition) is 1. The maximum absolute atomic E-state index is 6.01. The van der Waals surface area contributed by atoms with E-state index < -0.39 is 0 Å². The molecule has 0 spiro atoms. The predicted molar refractivity (Wildman–Crippen MR) is 92.0 cm³/mol. The van der Waals surface area contributed by atoms with Crippen molar-refractivity contribution in [3.8, 4) is 11.3 Å². The van der Waals surface area contributed by atoms with Crippen LogP contribution in [0.2, 0.25) is 10.0 Å². The molecule has 0 bridgehead atoms. The molecular weight excluding hydrogens is 323 g/mol. The summed E-state index contributed by atoms with van der Waals surface area (Å²) >= 11 is 13.5. The molecule has 1 N–H and O–H groups in total. The zero-order chi connectivity index (χ0) is 14.8. The third-order valence-electron chi connectivity index (χ3n) is 3.02. The minimum Gasteiger partial charge on any atom is -0.331 e. The molecule has 106 valence electrons. The number of thiazole rings is 1. The SMILES string of the molecule is Cc1ccc(-c2csc(Nc3ccc(Cl)c(Cl)c3)n2)cc1. The van der Waals surface area contributed by atoms with E-state index in [-0.39, 0.29) is 0 Å². The van der Waals surface area contributed by atoms with Crippen molar-refractivity contribution in [2.24, 2.45) is 0 Å². The van der Waals surface area contributed by atoms with Gasteiger partial charge < -0.3 is 5.32 Å². The van der Waals surface area contributed by atoms with Gasteiger partial charge in [-0.25, -0.2) is 4.98 Å². The number of aromatic nitrogens is 1. The van der Waals surface area contributed by atoms with Crippen LogP contribution in [0.4, 0.5) is 10.8 Å². The Hall–Kier alpha value is -1.55. The van der Waals surface area contributed by atoms with Crippen molar-refractivity contribution in [1.82, 2.24) is 4.98 Å². The second kappa shape index (κ2) is 6.06. The molecule has 0 atom stereocenters. The maximum atomic E-state index is 6.01. The summed E-state index contributed by atoms with van der Waals surface area (Å²) in [5, 5.41) is 7.16. The van der Waals surface area contributed by atoms with Gasteiger partial charge in [0.05, 0.1) is 15.7 Å². The van der Waals surface area contributed by atoms with Crippen LogP contribution in [0.15, 0.2) is 47.8 Å². The molecule has 1 heterocycles. The van der Waals surface area contributed by atoms with E-state index in [4.69, 9.17) is 23.2 Å². The summed E-state index contributed by atoms with van der Waals surface area (Å²) in [4.78, 5) is 4.59. The molecule has 1 aromatic heterocycles. The van der Waals surface area contributed by atoms with Crippen molar-refractivity contribution in [3.63, 3.8) is 0 Å². The Labute approximate surface area is 137 Å². The molecule has 2 aromatic carbocycles. The molecule has 0 aliphatic carbocycles. The van der Waals surface area contributed by atoms with Gasteiger partial charge >= 0.3 is 0 Å². The molecule has 0 radical (unpaired) electrons. The number of rotatable bonds is 3. The molecule has 2 nitrogen and oxygen atoms in total. The first kappa shape index (κ1) is 14.4. The lowest BCUT2D eigenvalue weighted by Gasteiger charge is -2.03. The third kappa shape index (κ3) is 3.38. The smallest absolute Gasteiger partial charge is 0.187 e. The highest BCUT2D eigenvalue weighted by Crippen LogP contribution is 2.30. The topological polar surface area (TPSA) is 24.9 Å². The van der Waals surface area contributed by atoms with Gasteiger partial charge in [-0.1, -0.05) is 53.0 Å². The molecule has 0 saturated carbocycles. The number of anilines is 2. The van der Waals surface area contributed by atoms with E-state index in [2.05, 4.69) is 41.5 Å². The predicted octanol–water partition coefficient (Wildman–Crippen LogP) is 6.17. The minimum absolute atomic E-state index is 0.525. The van der Waals surface area contributed by atoms with Gasteiger partial charge in [0.1, 0.15) is 0 Å². The van der Waals surface area contributed by atoms with Crippen LogP contribution in [0.25, 0.3) is 11.3 Å². The number of nitrogens with one attached hydrogen (secondary N) is 1. The Kier molecular flexibility index (Phi) is 4.15. The molecule has 3 rings (SSSR count). The largest absolute Gasteiger partial charge is 0.331 e. The second-order valence-electron chi connectivity index (χ2n) is 4.66. The molecule has 0 aliphatic heterocycles. The van der Waals surface area contributed by atoms with Gasteiger partial charge in [0.15, 0.2) is 5.13 Å². The molecule has 5 heteroatoms. The maximum Gasteiger partial charge on any atom is 0.187 e. The van der Waals surface area contributed by atoms with Gasteiger partial charge in [0.25, 0.3) is 0 Å². The lowest BCUT2D eigenvalue weighted by atomic mass is 10.1. The van der Waals surface area contributed by atoms with Gasteiger partial charge in [-0.3, -0.25) is 0 Å². The van der Waals surface area contributed by atoms with Gasteiger partial charge in [0.2, 0.25) is 0 Å². The van der Waals surface area contributed by atoms with Gasteiger partial charge in [-0.05, 0) is 25.1 Å². The quantitative estimate of drug-likeness (QED) is 0.619. The van der Waals surface area contributed by atoms with E-state index in [0.29, 0.717) is 10.0 Å². The van der Waals surface area contributed by atoms with Gasteiger partial charge in [0, 0.05) is 16.6 Å². The first-order valence-electron chi connectivity index (χ1n) is 6.36. The Balaban J connectivity index is 1.81. The van der Waals surface area contributed by atoms with E-state index in [9.17, 15) is 0 Å². The van der Waals surface area contributed by atoms with Crippen LogP contribution in [0.1, 0.15) is 5.56 Å². The van der Waals surface area contributed by atoms with Crippen molar-refractivity contribution in [2.45, 2.75) is 6.92 Å². The van der Waals surface area contributed by atoms with Crippen LogP contribution in [0.3, 0.4) is 0 Å². The van der Waals surface area contributed by atoms with E-state index in [1.165, 1.54) is 5.56 Å². The van der Waals surface area contributed by atoms with Crippen molar-refractivity contribution in [1.29, 1.82) is 0 Å². The lowest BCUT2D eigenvalue weighted by Crippen LogP contribution is -1.89. The highest BCUT2D eigenvalue weighted by atomic mass is 35.5. The highest BCUT2D eigenvalue weighted by Gasteiger charge is 2.06. The lowest BCUT2D eigenvalue weighted by molar-refractivity contribution is 1.37. The molecule has 3 aromatic rings. The average Bonchev–Trinajstić information content (AvgIpc) is 2.92. The number of nitrogens with zero attached hydrogens (tertiary/aromatic N) is 1. The minimum atomic E-state index is 0.525. The monoisotopic (exact) mass is 334 g/mol. The first-order chi connectivity index (χ1) is 10.1. The zero-order valence-electron chi connectivity index (χ0n) is 11.2. The van der Waals surface area contributed by atoms with E-state index in [1.807, 2.05) is 11.4 Å². The summed E-state index contributed by atoms with van der Waals surface area (Å²) in [6.07, 6.45) is 0. The Morgan fingerprint density at radius 3 is 2.48 bits per heavy atom. The third-order valence-corrected chi connectivity index (χ3v) is 4.52. The zero-order valence-corrected chi connectivity index (χ0v) is 13.6. The van der Waals surface area contributed by atoms with Crippen LogP contribution >= 0.6 is 34.5 Å². The summed E-state index contributed by atoms with van der Waals surface area (Å²) in [6, 6.07) is 13.8. The van der Waals surface area contributed by atoms with Crippen molar-refractivity contribution in [2.75, 3.05) is 5.32 Å². The fourth-order valence-electron chi connectivity index (χ4n) is 1.89. The molecule has 0 saturated heterocycles. The number of halogens is 2. The average molecular weight is 335 g/mol. The summed E-state index contributed by atoms with van der Waals surface area (Å²) in [7, 11) is 0. The van der Waals surface area contributed by atoms with Crippen LogP contribution in [0, 0.1) is 6.92 Å². The van der Waals surface area contributed by atoms with Crippen molar-refractivity contribution >= 4 is 45.4 Å². The summed E-state index contributed by atoms with van der Waals surface area (Å²) in [5.74, 6) is 0. The Morgan fingerprint density at radius 2 is 1.76 bits per heavy atom. The van der Waals surface area contributed by atoms with E-state index in [1.54, 1.807) is 23.5 Å². The van der Waals surface area contributed by atoms with Crippen LogP contribution in [-0.4, -0.2) is 4.98 Å². The molecule has 0 unspecified atom stereocenters. The second-order valence-corrected chi connectivity index (χ2v) is 6.33. The van der Waals surface area contributed by atoms with E-state index >= 15 is 0 Å². The fraction of sp³-hybridized carbons (Fsp3) is 0.0625. The number of aryl methyl sites for hydroxylation is 1. The number of hydrogen-bond acceptors (Lipinski definition) is 3. The standard InChI is InChI=1S/C16H12Cl2N2S/c1-10-2-4-11(5-3-10)15-9-21-16(20-15)19-12-6-7-13(17)14(18)8-12/h2-9H,1H3,(H,19,20). The van der Waals surface area contributed by atoms with Crippen LogP contribution in [0.5, 0.6) is 0 Å². The number of benzene rings is 2. The summed E-state index contributed by atoms with van der Waals surface area (Å²) in [5.41, 5.74) is 4.18. The summed E-state index contributed by atoms with van der Waals surface area (Å²) < 4.78 is 0.